The molecule has 3 N–H and O–H groups in total. The summed E-state index contributed by atoms with van der Waals surface area (Å²) in [5.74, 6) is 1.18. The number of thioether (sulfide) groups is 1. The van der Waals surface area contributed by atoms with Gasteiger partial charge in [0.25, 0.3) is 0 Å². The van der Waals surface area contributed by atoms with Gasteiger partial charge in [0.2, 0.25) is 0 Å². The average molecular weight is 277 g/mol. The zero-order chi connectivity index (χ0) is 15.1. The molecule has 0 bridgehead atoms. The monoisotopic (exact) mass is 277 g/mol. The number of nitrogens with one attached hydrogen (secondary N) is 1. The quantitative estimate of drug-likeness (QED) is 0.721. The highest BCUT2D eigenvalue weighted by atomic mass is 32.2. The van der Waals surface area contributed by atoms with Gasteiger partial charge in [-0.15, -0.1) is 0 Å². The number of nitrogens with zero attached hydrogens (tertiary/aromatic N) is 1. The Morgan fingerprint density at radius 2 is 2.26 bits per heavy atom. The summed E-state index contributed by atoms with van der Waals surface area (Å²) in [6.07, 6.45) is 7.04. The third-order valence-electron chi connectivity index (χ3n) is 3.02. The van der Waals surface area contributed by atoms with Crippen molar-refractivity contribution >= 4 is 34.0 Å². The Morgan fingerprint density at radius 1 is 1.37 bits per heavy atom. The lowest BCUT2D eigenvalue weighted by atomic mass is 10.1. The molecule has 0 amide bonds. The molecule has 4 heteroatoms. The number of rotatable bonds is 8. The van der Waals surface area contributed by atoms with E-state index in [-0.39, 0.29) is 0 Å². The van der Waals surface area contributed by atoms with Crippen LogP contribution < -0.4 is 11.0 Å². The zero-order valence-corrected chi connectivity index (χ0v) is 12.0. The number of anilines is 2. The van der Waals surface area contributed by atoms with Gasteiger partial charge in [-0.05, 0) is 30.9 Å². The summed E-state index contributed by atoms with van der Waals surface area (Å²) in [7, 11) is 0. The minimum absolute atomic E-state index is 0.577. The fraction of sp³-hybridized carbons (Fsp3) is 0.400. The van der Waals surface area contributed by atoms with E-state index in [9.17, 15) is 0 Å². The number of para-hydroxylation sites is 1. The molecule has 19 heavy (non-hydrogen) atoms. The van der Waals surface area contributed by atoms with E-state index in [2.05, 4.69) is 17.0 Å². The summed E-state index contributed by atoms with van der Waals surface area (Å²) in [5.41, 5.74) is 4.57. The third kappa shape index (κ3) is 3.77. The van der Waals surface area contributed by atoms with Crippen LogP contribution in [-0.4, -0.2) is 23.5 Å². The lowest BCUT2D eigenvalue weighted by Crippen LogP contribution is -2.05. The molecule has 0 fully saturated rings. The van der Waals surface area contributed by atoms with E-state index in [0.717, 1.165) is 29.4 Å². The van der Waals surface area contributed by atoms with Crippen molar-refractivity contribution in [3.05, 3.63) is 30.5 Å². The minimum Gasteiger partial charge on any atom is -0.396 e. The smallest absolute Gasteiger partial charge is 0.160 e. The first-order valence-electron chi connectivity index (χ1n) is 7.53. The lowest BCUT2D eigenvalue weighted by Gasteiger charge is -2.12. The second kappa shape index (κ2) is 7.24. The summed E-state index contributed by atoms with van der Waals surface area (Å²) in [6, 6.07) is 7.75. The van der Waals surface area contributed by atoms with Gasteiger partial charge in [-0.1, -0.05) is 24.6 Å². The summed E-state index contributed by atoms with van der Waals surface area (Å²) in [6.45, 7) is 0.664. The van der Waals surface area contributed by atoms with Crippen molar-refractivity contribution in [2.24, 2.45) is 0 Å². The Kier molecular flexibility index (Phi) is 4.35. The fourth-order valence-corrected chi connectivity index (χ4v) is 2.52. The van der Waals surface area contributed by atoms with Gasteiger partial charge >= 0.3 is 0 Å². The molecule has 0 saturated carbocycles. The predicted octanol–water partition coefficient (Wildman–Crippen LogP) is 3.76. The van der Waals surface area contributed by atoms with E-state index in [4.69, 9.17) is 2.82 Å². The number of aromatic nitrogens is 1. The fourth-order valence-electron chi connectivity index (χ4n) is 2.02. The van der Waals surface area contributed by atoms with Crippen LogP contribution >= 0.6 is 11.8 Å². The standard InChI is InChI=1S/C15H21N3S/c1-19-10-6-2-5-9-17-15-12-7-3-4-8-14(12)18-11-13(15)16/h3-4,7-8,11H,2,5-6,9-10,16H2,1H3,(H,17,18)/i/hD2. The molecular formula is C15H21N3S. The number of benzene rings is 1. The maximum atomic E-state index is 8.30. The molecule has 0 aliphatic rings. The first-order valence-corrected chi connectivity index (χ1v) is 7.98. The highest BCUT2D eigenvalue weighted by molar-refractivity contribution is 7.98. The molecule has 1 heterocycles. The van der Waals surface area contributed by atoms with Crippen LogP contribution in [0.1, 0.15) is 19.3 Å². The van der Waals surface area contributed by atoms with Crippen molar-refractivity contribution in [3.8, 4) is 0 Å². The van der Waals surface area contributed by atoms with Crippen LogP contribution in [0.2, 0.25) is 2.82 Å². The molecule has 1 aromatic carbocycles. The number of hydrogen-bond donors (Lipinski definition) is 2. The van der Waals surface area contributed by atoms with Crippen molar-refractivity contribution in [2.75, 3.05) is 29.6 Å². The normalized spacial score (nSPS) is 12.1. The van der Waals surface area contributed by atoms with E-state index in [1.807, 2.05) is 36.0 Å². The van der Waals surface area contributed by atoms with Crippen LogP contribution in [0.15, 0.2) is 30.5 Å². The first-order chi connectivity index (χ1) is 10.3. The maximum Gasteiger partial charge on any atom is 0.160 e. The molecule has 1 aromatic heterocycles. The Morgan fingerprint density at radius 3 is 3.11 bits per heavy atom. The molecule has 0 saturated heterocycles. The van der Waals surface area contributed by atoms with Crippen LogP contribution in [0.25, 0.3) is 10.9 Å². The molecule has 0 aliphatic carbocycles. The Bertz CT molecular complexity index is 580. The zero-order valence-electron chi connectivity index (χ0n) is 13.2. The van der Waals surface area contributed by atoms with Crippen molar-refractivity contribution < 1.29 is 2.82 Å². The van der Waals surface area contributed by atoms with Gasteiger partial charge in [0.1, 0.15) is 0 Å². The maximum absolute atomic E-state index is 8.30. The van der Waals surface area contributed by atoms with Crippen LogP contribution in [-0.2, 0) is 0 Å². The first kappa shape index (κ1) is 11.4. The number of unbranched alkanes of at least 4 members (excludes halogenated alkanes) is 2. The Labute approximate surface area is 121 Å². The van der Waals surface area contributed by atoms with Crippen molar-refractivity contribution in [3.63, 3.8) is 0 Å². The Hall–Kier alpha value is -1.42. The van der Waals surface area contributed by atoms with E-state index < -0.39 is 0 Å². The van der Waals surface area contributed by atoms with E-state index in [0.29, 0.717) is 12.2 Å². The van der Waals surface area contributed by atoms with Crippen molar-refractivity contribution in [2.45, 2.75) is 19.3 Å². The number of fused-ring (bicyclic) bond motifs is 1. The van der Waals surface area contributed by atoms with Gasteiger partial charge in [-0.2, -0.15) is 11.8 Å². The summed E-state index contributed by atoms with van der Waals surface area (Å²) >= 11 is 1.86. The molecule has 0 unspecified atom stereocenters. The molecule has 0 radical (unpaired) electrons. The molecular weight excluding hydrogens is 254 g/mol. The van der Waals surface area contributed by atoms with Crippen molar-refractivity contribution in [1.82, 2.24) is 4.98 Å². The van der Waals surface area contributed by atoms with Gasteiger partial charge < -0.3 is 11.0 Å². The largest absolute Gasteiger partial charge is 0.396 e. The van der Waals surface area contributed by atoms with Crippen LogP contribution in [0, 0.1) is 0 Å². The highest BCUT2D eigenvalue weighted by Gasteiger charge is 2.05. The van der Waals surface area contributed by atoms with E-state index in [1.165, 1.54) is 17.5 Å². The summed E-state index contributed by atoms with van der Waals surface area (Å²) < 4.78 is 15.7. The number of nitrogen functional groups attached to an aromatic ring is 1. The molecule has 0 atom stereocenters. The number of hydrogen-bond acceptors (Lipinski definition) is 4. The van der Waals surface area contributed by atoms with Gasteiger partial charge in [0, 0.05) is 11.9 Å². The second-order valence-electron chi connectivity index (χ2n) is 4.47. The molecule has 0 aliphatic heterocycles. The van der Waals surface area contributed by atoms with E-state index >= 15 is 0 Å². The van der Waals surface area contributed by atoms with Gasteiger partial charge in [-0.25, -0.2) is 0 Å². The third-order valence-corrected chi connectivity index (χ3v) is 3.72. The highest BCUT2D eigenvalue weighted by Crippen LogP contribution is 2.27. The van der Waals surface area contributed by atoms with Crippen LogP contribution in [0.5, 0.6) is 0 Å². The van der Waals surface area contributed by atoms with E-state index in [1.54, 1.807) is 6.20 Å². The minimum atomic E-state index is 0.577. The SMILES string of the molecule is [2H]Nc1cnc2ccccc2c1N([2H])CCCCCSC. The van der Waals surface area contributed by atoms with Crippen LogP contribution in [0.3, 0.4) is 0 Å². The molecule has 2 aromatic rings. The summed E-state index contributed by atoms with van der Waals surface area (Å²) in [4.78, 5) is 4.32. The molecule has 0 spiro atoms. The molecule has 2 rings (SSSR count). The van der Waals surface area contributed by atoms with Crippen LogP contribution in [0.4, 0.5) is 11.4 Å². The lowest BCUT2D eigenvalue weighted by molar-refractivity contribution is 0.750. The Balaban J connectivity index is 2.15. The van der Waals surface area contributed by atoms with Gasteiger partial charge in [0.15, 0.2) is 2.82 Å². The second-order valence-corrected chi connectivity index (χ2v) is 5.46. The average Bonchev–Trinajstić information content (AvgIpc) is 2.53. The van der Waals surface area contributed by atoms with Gasteiger partial charge in [-0.3, -0.25) is 4.98 Å². The number of nitrogens with two attached hydrogens (primary N) is 1. The van der Waals surface area contributed by atoms with Crippen molar-refractivity contribution in [1.29, 1.82) is 0 Å². The topological polar surface area (TPSA) is 50.9 Å². The predicted molar refractivity (Wildman–Crippen MR) is 86.9 cm³/mol. The number of pyridine rings is 1. The molecule has 102 valence electrons. The van der Waals surface area contributed by atoms with Gasteiger partial charge in [0.05, 0.1) is 23.1 Å². The summed E-state index contributed by atoms with van der Waals surface area (Å²) in [5, 5.41) is 2.40. The molecule has 3 nitrogen and oxygen atoms in total.